The Bertz CT molecular complexity index is 843. The highest BCUT2D eigenvalue weighted by Crippen LogP contribution is 2.34. The molecule has 3 N–H and O–H groups in total. The average molecular weight is 398 g/mol. The van der Waals surface area contributed by atoms with Gasteiger partial charge in [-0.25, -0.2) is 0 Å². The van der Waals surface area contributed by atoms with E-state index in [1.54, 1.807) is 4.90 Å². The Morgan fingerprint density at radius 2 is 1.66 bits per heavy atom. The summed E-state index contributed by atoms with van der Waals surface area (Å²) in [5.74, 6) is 2.04. The molecule has 1 amide bonds. The third kappa shape index (κ3) is 5.08. The minimum atomic E-state index is 0.0478. The highest BCUT2D eigenvalue weighted by molar-refractivity contribution is 5.91. The fraction of sp³-hybridized carbons (Fsp3) is 0.435. The molecular formula is C23H31N3O3+2. The second-order valence-electron chi connectivity index (χ2n) is 8.37. The van der Waals surface area contributed by atoms with E-state index in [0.29, 0.717) is 18.2 Å². The molecule has 0 aromatic heterocycles. The first-order chi connectivity index (χ1) is 14.1. The van der Waals surface area contributed by atoms with Crippen molar-refractivity contribution >= 4 is 11.6 Å². The number of carbonyl (C=O) groups excluding carboxylic acids is 1. The summed E-state index contributed by atoms with van der Waals surface area (Å²) in [6.07, 6.45) is 0. The fourth-order valence-electron chi connectivity index (χ4n) is 4.03. The van der Waals surface area contributed by atoms with Gasteiger partial charge in [0.15, 0.2) is 18.0 Å². The first-order valence-electron chi connectivity index (χ1n) is 10.5. The van der Waals surface area contributed by atoms with Crippen molar-refractivity contribution in [3.8, 4) is 11.5 Å². The van der Waals surface area contributed by atoms with Gasteiger partial charge in [-0.3, -0.25) is 4.79 Å². The number of quaternary nitrogens is 2. The number of piperazine rings is 1. The van der Waals surface area contributed by atoms with Gasteiger partial charge in [0.05, 0.1) is 0 Å². The van der Waals surface area contributed by atoms with Crippen molar-refractivity contribution in [1.82, 2.24) is 0 Å². The van der Waals surface area contributed by atoms with Gasteiger partial charge in [-0.1, -0.05) is 38.1 Å². The lowest BCUT2D eigenvalue weighted by atomic mass is 10.0. The second kappa shape index (κ2) is 8.84. The minimum Gasteiger partial charge on any atom is -0.454 e. The predicted molar refractivity (Wildman–Crippen MR) is 112 cm³/mol. The monoisotopic (exact) mass is 397 g/mol. The zero-order valence-electron chi connectivity index (χ0n) is 17.3. The maximum atomic E-state index is 12.4. The molecule has 0 radical (unpaired) electrons. The molecular weight excluding hydrogens is 366 g/mol. The first-order valence-corrected chi connectivity index (χ1v) is 10.5. The molecule has 0 atom stereocenters. The van der Waals surface area contributed by atoms with Gasteiger partial charge in [0.25, 0.3) is 5.91 Å². The summed E-state index contributed by atoms with van der Waals surface area (Å²) in [6, 6.07) is 14.5. The largest absolute Gasteiger partial charge is 0.454 e. The summed E-state index contributed by atoms with van der Waals surface area (Å²) in [4.78, 5) is 15.4. The molecule has 2 aromatic rings. The predicted octanol–water partition coefficient (Wildman–Crippen LogP) is 0.461. The SMILES string of the molecule is CC(C)c1ccc(C[NH+]2CC[NH+](CC(=O)Nc3ccc4c(c3)OCO4)CC2)cc1. The topological polar surface area (TPSA) is 56.4 Å². The lowest BCUT2D eigenvalue weighted by molar-refractivity contribution is -1.02. The number of amides is 1. The summed E-state index contributed by atoms with van der Waals surface area (Å²) in [6.45, 7) is 10.5. The number of rotatable bonds is 6. The Hall–Kier alpha value is -2.57. The third-order valence-corrected chi connectivity index (χ3v) is 5.83. The lowest BCUT2D eigenvalue weighted by Gasteiger charge is -2.29. The van der Waals surface area contributed by atoms with Crippen LogP contribution in [0.25, 0.3) is 0 Å². The van der Waals surface area contributed by atoms with Gasteiger partial charge in [-0.15, -0.1) is 0 Å². The molecule has 2 aromatic carbocycles. The zero-order valence-corrected chi connectivity index (χ0v) is 17.3. The van der Waals surface area contributed by atoms with E-state index in [9.17, 15) is 4.79 Å². The standard InChI is InChI=1S/C23H29N3O3/c1-17(2)19-5-3-18(4-6-19)14-25-9-11-26(12-10-25)15-23(27)24-20-7-8-21-22(13-20)29-16-28-21/h3-8,13,17H,9-12,14-16H2,1-2H3,(H,24,27)/p+2. The van der Waals surface area contributed by atoms with Crippen molar-refractivity contribution in [2.75, 3.05) is 44.8 Å². The molecule has 154 valence electrons. The molecule has 0 bridgehead atoms. The number of hydrogen-bond donors (Lipinski definition) is 3. The van der Waals surface area contributed by atoms with Crippen LogP contribution < -0.4 is 24.6 Å². The van der Waals surface area contributed by atoms with Crippen LogP contribution in [0.15, 0.2) is 42.5 Å². The van der Waals surface area contributed by atoms with E-state index >= 15 is 0 Å². The van der Waals surface area contributed by atoms with Gasteiger partial charge in [-0.05, 0) is 23.6 Å². The summed E-state index contributed by atoms with van der Waals surface area (Å²) < 4.78 is 10.7. The molecule has 1 saturated heterocycles. The Labute approximate surface area is 172 Å². The molecule has 29 heavy (non-hydrogen) atoms. The number of fused-ring (bicyclic) bond motifs is 1. The smallest absolute Gasteiger partial charge is 0.279 e. The third-order valence-electron chi connectivity index (χ3n) is 5.83. The highest BCUT2D eigenvalue weighted by Gasteiger charge is 2.25. The highest BCUT2D eigenvalue weighted by atomic mass is 16.7. The Morgan fingerprint density at radius 3 is 2.38 bits per heavy atom. The normalized spacial score (nSPS) is 20.7. The van der Waals surface area contributed by atoms with Gasteiger partial charge in [0, 0.05) is 17.3 Å². The van der Waals surface area contributed by atoms with Crippen molar-refractivity contribution in [1.29, 1.82) is 0 Å². The number of carbonyl (C=O) groups is 1. The van der Waals surface area contributed by atoms with E-state index in [1.807, 2.05) is 18.2 Å². The van der Waals surface area contributed by atoms with Gasteiger partial charge >= 0.3 is 0 Å². The lowest BCUT2D eigenvalue weighted by Crippen LogP contribution is -3.28. The van der Waals surface area contributed by atoms with Crippen LogP contribution in [0.1, 0.15) is 30.9 Å². The molecule has 4 rings (SSSR count). The van der Waals surface area contributed by atoms with Crippen LogP contribution in [0.3, 0.4) is 0 Å². The van der Waals surface area contributed by atoms with Crippen LogP contribution in [0.2, 0.25) is 0 Å². The van der Waals surface area contributed by atoms with Crippen molar-refractivity contribution in [3.63, 3.8) is 0 Å². The second-order valence-corrected chi connectivity index (χ2v) is 8.37. The number of ether oxygens (including phenoxy) is 2. The Morgan fingerprint density at radius 1 is 0.966 bits per heavy atom. The van der Waals surface area contributed by atoms with Gasteiger partial charge in [0.1, 0.15) is 32.7 Å². The van der Waals surface area contributed by atoms with Gasteiger partial charge < -0.3 is 24.6 Å². The number of nitrogens with one attached hydrogen (secondary N) is 3. The Kier molecular flexibility index (Phi) is 6.02. The summed E-state index contributed by atoms with van der Waals surface area (Å²) in [7, 11) is 0. The van der Waals surface area contributed by atoms with Gasteiger partial charge in [-0.2, -0.15) is 0 Å². The van der Waals surface area contributed by atoms with Crippen molar-refractivity contribution in [3.05, 3.63) is 53.6 Å². The van der Waals surface area contributed by atoms with Crippen LogP contribution in [0.4, 0.5) is 5.69 Å². The minimum absolute atomic E-state index is 0.0478. The molecule has 0 saturated carbocycles. The van der Waals surface area contributed by atoms with E-state index in [1.165, 1.54) is 16.0 Å². The summed E-state index contributed by atoms with van der Waals surface area (Å²) in [5, 5.41) is 2.98. The first kappa shape index (κ1) is 19.7. The van der Waals surface area contributed by atoms with Crippen LogP contribution in [0.5, 0.6) is 11.5 Å². The number of anilines is 1. The molecule has 6 nitrogen and oxygen atoms in total. The van der Waals surface area contributed by atoms with Gasteiger partial charge in [0.2, 0.25) is 6.79 Å². The molecule has 6 heteroatoms. The van der Waals surface area contributed by atoms with E-state index in [2.05, 4.69) is 43.4 Å². The van der Waals surface area contributed by atoms with Crippen LogP contribution in [-0.4, -0.2) is 45.4 Å². The van der Waals surface area contributed by atoms with Crippen LogP contribution in [-0.2, 0) is 11.3 Å². The average Bonchev–Trinajstić information content (AvgIpc) is 3.18. The summed E-state index contributed by atoms with van der Waals surface area (Å²) in [5.41, 5.74) is 3.55. The fourth-order valence-corrected chi connectivity index (χ4v) is 4.03. The molecule has 1 fully saturated rings. The van der Waals surface area contributed by atoms with E-state index in [0.717, 1.165) is 44.2 Å². The molecule has 2 aliphatic rings. The number of hydrogen-bond acceptors (Lipinski definition) is 3. The van der Waals surface area contributed by atoms with E-state index in [4.69, 9.17) is 9.47 Å². The quantitative estimate of drug-likeness (QED) is 0.664. The molecule has 0 unspecified atom stereocenters. The summed E-state index contributed by atoms with van der Waals surface area (Å²) >= 11 is 0. The van der Waals surface area contributed by atoms with Crippen molar-refractivity contribution in [2.24, 2.45) is 0 Å². The van der Waals surface area contributed by atoms with E-state index in [-0.39, 0.29) is 12.7 Å². The molecule has 0 spiro atoms. The zero-order chi connectivity index (χ0) is 20.2. The van der Waals surface area contributed by atoms with Crippen molar-refractivity contribution < 1.29 is 24.1 Å². The van der Waals surface area contributed by atoms with Crippen LogP contribution >= 0.6 is 0 Å². The molecule has 0 aliphatic carbocycles. The molecule has 2 aliphatic heterocycles. The van der Waals surface area contributed by atoms with Crippen molar-refractivity contribution in [2.45, 2.75) is 26.3 Å². The van der Waals surface area contributed by atoms with E-state index < -0.39 is 0 Å². The van der Waals surface area contributed by atoms with Crippen LogP contribution in [0, 0.1) is 0 Å². The maximum absolute atomic E-state index is 12.4. The maximum Gasteiger partial charge on any atom is 0.279 e. The Balaban J connectivity index is 1.22. The molecule has 2 heterocycles. The number of benzene rings is 2.